The molecule has 2 aliphatic rings. The zero-order valence-corrected chi connectivity index (χ0v) is 20.2. The minimum absolute atomic E-state index is 0.138. The number of benzene rings is 1. The van der Waals surface area contributed by atoms with Gasteiger partial charge in [-0.25, -0.2) is 9.78 Å². The van der Waals surface area contributed by atoms with Crippen LogP contribution in [0.25, 0.3) is 10.2 Å². The van der Waals surface area contributed by atoms with E-state index in [2.05, 4.69) is 15.6 Å². The Labute approximate surface area is 205 Å². The molecular weight excluding hydrogens is 468 g/mol. The van der Waals surface area contributed by atoms with Gasteiger partial charge in [0, 0.05) is 19.0 Å². The molecule has 0 radical (unpaired) electrons. The Morgan fingerprint density at radius 3 is 2.74 bits per heavy atom. The van der Waals surface area contributed by atoms with Crippen LogP contribution >= 0.6 is 11.3 Å². The summed E-state index contributed by atoms with van der Waals surface area (Å²) in [5.74, 6) is -0.747. The maximum Gasteiger partial charge on any atom is 0.349 e. The van der Waals surface area contributed by atoms with E-state index >= 15 is 0 Å². The molecule has 1 saturated carbocycles. The lowest BCUT2D eigenvalue weighted by Gasteiger charge is -2.15. The van der Waals surface area contributed by atoms with Crippen molar-refractivity contribution in [1.82, 2.24) is 14.9 Å². The predicted octanol–water partition coefficient (Wildman–Crippen LogP) is 3.18. The number of esters is 1. The van der Waals surface area contributed by atoms with Crippen molar-refractivity contribution in [2.75, 3.05) is 11.9 Å². The second-order valence-corrected chi connectivity index (χ2v) is 9.95. The van der Waals surface area contributed by atoms with E-state index in [9.17, 15) is 19.2 Å². The predicted molar refractivity (Wildman–Crippen MR) is 132 cm³/mol. The van der Waals surface area contributed by atoms with Gasteiger partial charge < -0.3 is 15.4 Å². The van der Waals surface area contributed by atoms with Crippen LogP contribution in [0.15, 0.2) is 29.1 Å². The van der Waals surface area contributed by atoms with Gasteiger partial charge in [-0.15, -0.1) is 11.3 Å². The van der Waals surface area contributed by atoms with Gasteiger partial charge in [-0.05, 0) is 43.9 Å². The van der Waals surface area contributed by atoms with Crippen LogP contribution in [0.3, 0.4) is 0 Å². The van der Waals surface area contributed by atoms with Crippen LogP contribution in [0.1, 0.15) is 63.5 Å². The average Bonchev–Trinajstić information content (AvgIpc) is 3.59. The largest absolute Gasteiger partial charge is 0.451 e. The first-order valence-corrected chi connectivity index (χ1v) is 12.6. The highest BCUT2D eigenvalue weighted by molar-refractivity contribution is 7.20. The van der Waals surface area contributed by atoms with Crippen molar-refractivity contribution >= 4 is 45.0 Å². The number of amides is 2. The van der Waals surface area contributed by atoms with Gasteiger partial charge in [0.1, 0.15) is 15.5 Å². The number of nitrogens with one attached hydrogen (secondary N) is 2. The van der Waals surface area contributed by atoms with Crippen LogP contribution in [0.5, 0.6) is 0 Å². The van der Waals surface area contributed by atoms with E-state index in [0.717, 1.165) is 55.7 Å². The van der Waals surface area contributed by atoms with Gasteiger partial charge >= 0.3 is 5.97 Å². The number of nitrogens with zero attached hydrogens (tertiary/aromatic N) is 2. The number of anilines is 1. The Hall–Kier alpha value is -3.53. The van der Waals surface area contributed by atoms with E-state index < -0.39 is 18.5 Å². The number of rotatable bonds is 6. The normalized spacial score (nSPS) is 15.2. The molecular formula is C25H26N4O5S. The zero-order chi connectivity index (χ0) is 24.5. The molecule has 0 bridgehead atoms. The number of hydrogen-bond acceptors (Lipinski definition) is 7. The summed E-state index contributed by atoms with van der Waals surface area (Å²) in [5, 5.41) is 6.11. The summed E-state index contributed by atoms with van der Waals surface area (Å²) in [6, 6.07) is 6.89. The van der Waals surface area contributed by atoms with Crippen molar-refractivity contribution in [3.63, 3.8) is 0 Å². The number of para-hydroxylation sites is 1. The lowest BCUT2D eigenvalue weighted by Crippen LogP contribution is -2.33. The second kappa shape index (κ2) is 9.61. The Kier molecular flexibility index (Phi) is 6.38. The molecule has 1 aliphatic heterocycles. The molecule has 1 fully saturated rings. The van der Waals surface area contributed by atoms with E-state index in [0.29, 0.717) is 33.6 Å². The van der Waals surface area contributed by atoms with E-state index in [1.807, 2.05) is 0 Å². The molecule has 1 aliphatic carbocycles. The molecule has 182 valence electrons. The Balaban J connectivity index is 1.25. The van der Waals surface area contributed by atoms with Crippen molar-refractivity contribution in [3.05, 3.63) is 56.4 Å². The zero-order valence-electron chi connectivity index (χ0n) is 19.4. The van der Waals surface area contributed by atoms with Crippen LogP contribution in [0.2, 0.25) is 0 Å². The van der Waals surface area contributed by atoms with Gasteiger partial charge in [-0.3, -0.25) is 19.0 Å². The fourth-order valence-corrected chi connectivity index (χ4v) is 5.86. The summed E-state index contributed by atoms with van der Waals surface area (Å²) in [7, 11) is 0. The number of fused-ring (bicyclic) bond motifs is 2. The van der Waals surface area contributed by atoms with Crippen LogP contribution in [0.4, 0.5) is 5.69 Å². The lowest BCUT2D eigenvalue weighted by atomic mass is 10.1. The summed E-state index contributed by atoms with van der Waals surface area (Å²) in [5.41, 5.74) is 1.09. The van der Waals surface area contributed by atoms with Crippen molar-refractivity contribution in [2.45, 2.75) is 58.0 Å². The maximum atomic E-state index is 12.8. The minimum Gasteiger partial charge on any atom is -0.451 e. The van der Waals surface area contributed by atoms with E-state index in [1.165, 1.54) is 0 Å². The molecule has 9 nitrogen and oxygen atoms in total. The van der Waals surface area contributed by atoms with E-state index in [1.54, 1.807) is 35.8 Å². The molecule has 5 rings (SSSR count). The summed E-state index contributed by atoms with van der Waals surface area (Å²) >= 11 is 1.11. The molecule has 0 saturated heterocycles. The van der Waals surface area contributed by atoms with E-state index in [-0.39, 0.29) is 22.4 Å². The highest BCUT2D eigenvalue weighted by Crippen LogP contribution is 2.29. The van der Waals surface area contributed by atoms with E-state index in [4.69, 9.17) is 4.74 Å². The number of ether oxygens (including phenoxy) is 1. The molecule has 2 N–H and O–H groups in total. The molecule has 2 aromatic heterocycles. The molecule has 0 atom stereocenters. The van der Waals surface area contributed by atoms with Crippen LogP contribution in [-0.4, -0.2) is 40.0 Å². The number of thiophene rings is 1. The topological polar surface area (TPSA) is 119 Å². The molecule has 3 aromatic rings. The SMILES string of the molecule is Cc1c(C(=O)OCC(=O)Nc2ccccc2C(=O)NC2CCCC2)sc2nc3n(c(=O)c12)CCC3. The Morgan fingerprint density at radius 1 is 1.17 bits per heavy atom. The van der Waals surface area contributed by atoms with Crippen molar-refractivity contribution in [3.8, 4) is 0 Å². The summed E-state index contributed by atoms with van der Waals surface area (Å²) in [4.78, 5) is 56.1. The van der Waals surface area contributed by atoms with Crippen molar-refractivity contribution in [1.29, 1.82) is 0 Å². The third-order valence-electron chi connectivity index (χ3n) is 6.57. The molecule has 10 heteroatoms. The third kappa shape index (κ3) is 4.58. The van der Waals surface area contributed by atoms with Gasteiger partial charge in [0.25, 0.3) is 17.4 Å². The minimum atomic E-state index is -0.683. The Morgan fingerprint density at radius 2 is 1.94 bits per heavy atom. The lowest BCUT2D eigenvalue weighted by molar-refractivity contribution is -0.119. The van der Waals surface area contributed by atoms with Gasteiger partial charge in [-0.2, -0.15) is 0 Å². The molecule has 0 unspecified atom stereocenters. The van der Waals surface area contributed by atoms with Gasteiger partial charge in [0.15, 0.2) is 6.61 Å². The Bertz CT molecular complexity index is 1390. The molecule has 0 spiro atoms. The molecule has 2 amide bonds. The summed E-state index contributed by atoms with van der Waals surface area (Å²) in [6.07, 6.45) is 5.73. The molecule has 35 heavy (non-hydrogen) atoms. The molecule has 3 heterocycles. The molecule has 1 aromatic carbocycles. The highest BCUT2D eigenvalue weighted by atomic mass is 32.1. The number of aryl methyl sites for hydroxylation is 2. The number of aromatic nitrogens is 2. The van der Waals surface area contributed by atoms with Crippen molar-refractivity contribution < 1.29 is 19.1 Å². The third-order valence-corrected chi connectivity index (χ3v) is 7.73. The van der Waals surface area contributed by atoms with Gasteiger partial charge in [0.05, 0.1) is 16.6 Å². The van der Waals surface area contributed by atoms with Crippen LogP contribution in [0, 0.1) is 6.92 Å². The monoisotopic (exact) mass is 494 g/mol. The first kappa shape index (κ1) is 23.2. The summed E-state index contributed by atoms with van der Waals surface area (Å²) < 4.78 is 6.90. The fourth-order valence-electron chi connectivity index (χ4n) is 4.78. The number of carbonyl (C=O) groups excluding carboxylic acids is 3. The standard InChI is InChI=1S/C25H26N4O5S/c1-14-20-23(28-18-11-6-12-29(18)24(20)32)35-21(14)25(33)34-13-19(30)27-17-10-5-4-9-16(17)22(31)26-15-7-2-3-8-15/h4-5,9-10,15H,2-3,6-8,11-13H2,1H3,(H,26,31)(H,27,30). The summed E-state index contributed by atoms with van der Waals surface area (Å²) in [6.45, 7) is 1.81. The van der Waals surface area contributed by atoms with Crippen molar-refractivity contribution in [2.24, 2.45) is 0 Å². The highest BCUT2D eigenvalue weighted by Gasteiger charge is 2.25. The smallest absolute Gasteiger partial charge is 0.349 e. The number of hydrogen-bond donors (Lipinski definition) is 2. The first-order chi connectivity index (χ1) is 16.9. The average molecular weight is 495 g/mol. The second-order valence-electron chi connectivity index (χ2n) is 8.95. The fraction of sp³-hybridized carbons (Fsp3) is 0.400. The van der Waals surface area contributed by atoms with Crippen LogP contribution in [-0.2, 0) is 22.5 Å². The van der Waals surface area contributed by atoms with Crippen LogP contribution < -0.4 is 16.2 Å². The first-order valence-electron chi connectivity index (χ1n) is 11.8. The van der Waals surface area contributed by atoms with Gasteiger partial charge in [0.2, 0.25) is 0 Å². The van der Waals surface area contributed by atoms with Gasteiger partial charge in [-0.1, -0.05) is 25.0 Å². The number of carbonyl (C=O) groups is 3. The maximum absolute atomic E-state index is 12.8. The quantitative estimate of drug-likeness (QED) is 0.508.